The van der Waals surface area contributed by atoms with Crippen molar-refractivity contribution in [3.63, 3.8) is 0 Å². The Hall–Kier alpha value is -1.62. The van der Waals surface area contributed by atoms with Gasteiger partial charge in [-0.3, -0.25) is 4.98 Å². The van der Waals surface area contributed by atoms with Crippen LogP contribution in [-0.2, 0) is 0 Å². The normalized spacial score (nSPS) is 25.2. The maximum Gasteiger partial charge on any atom is 0.320 e. The molecule has 3 heterocycles. The van der Waals surface area contributed by atoms with Crippen molar-refractivity contribution in [3.05, 3.63) is 30.1 Å². The van der Waals surface area contributed by atoms with Crippen LogP contribution >= 0.6 is 0 Å². The van der Waals surface area contributed by atoms with Crippen molar-refractivity contribution in [3.8, 4) is 0 Å². The zero-order valence-corrected chi connectivity index (χ0v) is 9.84. The molecular formula is C12H16N4O. The molecule has 90 valence electrons. The van der Waals surface area contributed by atoms with Gasteiger partial charge in [-0.05, 0) is 17.7 Å². The summed E-state index contributed by atoms with van der Waals surface area (Å²) in [5, 5.41) is 3.21. The SMILES string of the molecule is CN1C(=O)N(C2CNC2)CC1c1ccncc1. The summed E-state index contributed by atoms with van der Waals surface area (Å²) in [6.45, 7) is 2.62. The molecule has 17 heavy (non-hydrogen) atoms. The van der Waals surface area contributed by atoms with E-state index in [9.17, 15) is 4.79 Å². The second-order valence-corrected chi connectivity index (χ2v) is 4.65. The number of rotatable bonds is 2. The fraction of sp³-hybridized carbons (Fsp3) is 0.500. The molecule has 0 spiro atoms. The van der Waals surface area contributed by atoms with E-state index in [0.29, 0.717) is 6.04 Å². The predicted molar refractivity (Wildman–Crippen MR) is 63.5 cm³/mol. The number of carbonyl (C=O) groups is 1. The number of pyridine rings is 1. The van der Waals surface area contributed by atoms with E-state index in [2.05, 4.69) is 10.3 Å². The van der Waals surface area contributed by atoms with Crippen LogP contribution in [0.5, 0.6) is 0 Å². The summed E-state index contributed by atoms with van der Waals surface area (Å²) in [5.74, 6) is 0. The molecule has 0 saturated carbocycles. The zero-order valence-electron chi connectivity index (χ0n) is 9.84. The quantitative estimate of drug-likeness (QED) is 0.806. The van der Waals surface area contributed by atoms with Gasteiger partial charge in [0.15, 0.2) is 0 Å². The van der Waals surface area contributed by atoms with E-state index in [4.69, 9.17) is 0 Å². The first-order valence-corrected chi connectivity index (χ1v) is 5.91. The van der Waals surface area contributed by atoms with Gasteiger partial charge >= 0.3 is 6.03 Å². The molecule has 1 N–H and O–H groups in total. The minimum absolute atomic E-state index is 0.137. The first kappa shape index (κ1) is 10.5. The van der Waals surface area contributed by atoms with Crippen LogP contribution in [-0.4, -0.2) is 53.5 Å². The molecule has 1 aromatic heterocycles. The van der Waals surface area contributed by atoms with Crippen LogP contribution in [0.3, 0.4) is 0 Å². The fourth-order valence-corrected chi connectivity index (χ4v) is 2.44. The van der Waals surface area contributed by atoms with Crippen molar-refractivity contribution in [1.82, 2.24) is 20.1 Å². The Morgan fingerprint density at radius 2 is 2.06 bits per heavy atom. The lowest BCUT2D eigenvalue weighted by Crippen LogP contribution is -2.57. The van der Waals surface area contributed by atoms with Gasteiger partial charge in [0.2, 0.25) is 0 Å². The summed E-state index contributed by atoms with van der Waals surface area (Å²) in [6, 6.07) is 4.63. The van der Waals surface area contributed by atoms with Crippen molar-refractivity contribution in [2.24, 2.45) is 0 Å². The van der Waals surface area contributed by atoms with Crippen LogP contribution in [0.15, 0.2) is 24.5 Å². The summed E-state index contributed by atoms with van der Waals surface area (Å²) < 4.78 is 0. The number of urea groups is 1. The molecule has 5 nitrogen and oxygen atoms in total. The van der Waals surface area contributed by atoms with E-state index in [0.717, 1.165) is 25.2 Å². The van der Waals surface area contributed by atoms with Crippen molar-refractivity contribution in [2.75, 3.05) is 26.7 Å². The van der Waals surface area contributed by atoms with E-state index < -0.39 is 0 Å². The van der Waals surface area contributed by atoms with Gasteiger partial charge in [-0.15, -0.1) is 0 Å². The first-order valence-electron chi connectivity index (χ1n) is 5.91. The Labute approximate surface area is 100 Å². The molecule has 1 unspecified atom stereocenters. The first-order chi connectivity index (χ1) is 8.27. The van der Waals surface area contributed by atoms with E-state index in [1.54, 1.807) is 12.4 Å². The van der Waals surface area contributed by atoms with Gasteiger partial charge in [-0.25, -0.2) is 4.79 Å². The minimum atomic E-state index is 0.137. The molecule has 0 bridgehead atoms. The smallest absolute Gasteiger partial charge is 0.319 e. The minimum Gasteiger partial charge on any atom is -0.319 e. The lowest BCUT2D eigenvalue weighted by atomic mass is 10.1. The molecule has 2 aliphatic heterocycles. The van der Waals surface area contributed by atoms with Crippen LogP contribution in [0.1, 0.15) is 11.6 Å². The van der Waals surface area contributed by atoms with Crippen molar-refractivity contribution in [1.29, 1.82) is 0 Å². The number of likely N-dealkylation sites (N-methyl/N-ethyl adjacent to an activating group) is 1. The molecule has 0 radical (unpaired) electrons. The van der Waals surface area contributed by atoms with E-state index in [1.807, 2.05) is 29.0 Å². The molecule has 1 aromatic rings. The van der Waals surface area contributed by atoms with Gasteiger partial charge in [0, 0.05) is 39.1 Å². The third-order valence-corrected chi connectivity index (χ3v) is 3.68. The van der Waals surface area contributed by atoms with E-state index in [1.165, 1.54) is 0 Å². The maximum atomic E-state index is 12.1. The third kappa shape index (κ3) is 1.67. The third-order valence-electron chi connectivity index (χ3n) is 3.68. The van der Waals surface area contributed by atoms with Crippen LogP contribution in [0.4, 0.5) is 4.79 Å². The van der Waals surface area contributed by atoms with Crippen LogP contribution < -0.4 is 5.32 Å². The Morgan fingerprint density at radius 1 is 1.35 bits per heavy atom. The summed E-state index contributed by atoms with van der Waals surface area (Å²) in [4.78, 5) is 19.9. The van der Waals surface area contributed by atoms with E-state index >= 15 is 0 Å². The summed E-state index contributed by atoms with van der Waals surface area (Å²) in [5.41, 5.74) is 1.16. The molecule has 2 fully saturated rings. The Kier molecular flexibility index (Phi) is 2.48. The highest BCUT2D eigenvalue weighted by Gasteiger charge is 2.40. The number of aromatic nitrogens is 1. The highest BCUT2D eigenvalue weighted by Crippen LogP contribution is 2.29. The molecule has 3 rings (SSSR count). The molecular weight excluding hydrogens is 216 g/mol. The summed E-state index contributed by atoms with van der Waals surface area (Å²) >= 11 is 0. The van der Waals surface area contributed by atoms with Gasteiger partial charge in [0.05, 0.1) is 12.1 Å². The molecule has 2 amide bonds. The number of nitrogens with one attached hydrogen (secondary N) is 1. The van der Waals surface area contributed by atoms with Gasteiger partial charge < -0.3 is 15.1 Å². The molecule has 2 saturated heterocycles. The Morgan fingerprint density at radius 3 is 2.65 bits per heavy atom. The summed E-state index contributed by atoms with van der Waals surface area (Å²) in [7, 11) is 1.87. The molecule has 0 aliphatic carbocycles. The number of hydrogen-bond donors (Lipinski definition) is 1. The second kappa shape index (κ2) is 4.00. The average molecular weight is 232 g/mol. The van der Waals surface area contributed by atoms with Gasteiger partial charge in [0.25, 0.3) is 0 Å². The van der Waals surface area contributed by atoms with Gasteiger partial charge in [-0.1, -0.05) is 0 Å². The van der Waals surface area contributed by atoms with Crippen LogP contribution in [0.25, 0.3) is 0 Å². The monoisotopic (exact) mass is 232 g/mol. The highest BCUT2D eigenvalue weighted by molar-refractivity contribution is 5.77. The van der Waals surface area contributed by atoms with Crippen molar-refractivity contribution >= 4 is 6.03 Å². The Balaban J connectivity index is 1.81. The maximum absolute atomic E-state index is 12.1. The molecule has 1 atom stereocenters. The van der Waals surface area contributed by atoms with Gasteiger partial charge in [-0.2, -0.15) is 0 Å². The number of carbonyl (C=O) groups excluding carboxylic acids is 1. The second-order valence-electron chi connectivity index (χ2n) is 4.65. The lowest BCUT2D eigenvalue weighted by Gasteiger charge is -2.34. The lowest BCUT2D eigenvalue weighted by molar-refractivity contribution is 0.162. The fourth-order valence-electron chi connectivity index (χ4n) is 2.44. The standard InChI is InChI=1S/C12H16N4O/c1-15-11(9-2-4-13-5-3-9)8-16(12(15)17)10-6-14-7-10/h2-5,10-11,14H,6-8H2,1H3. The zero-order chi connectivity index (χ0) is 11.8. The van der Waals surface area contributed by atoms with Gasteiger partial charge in [0.1, 0.15) is 0 Å². The molecule has 5 heteroatoms. The van der Waals surface area contributed by atoms with Crippen molar-refractivity contribution in [2.45, 2.75) is 12.1 Å². The van der Waals surface area contributed by atoms with Crippen molar-refractivity contribution < 1.29 is 4.79 Å². The number of hydrogen-bond acceptors (Lipinski definition) is 3. The molecule has 0 aromatic carbocycles. The largest absolute Gasteiger partial charge is 0.320 e. The summed E-state index contributed by atoms with van der Waals surface area (Å²) in [6.07, 6.45) is 3.56. The predicted octanol–water partition coefficient (Wildman–Crippen LogP) is 0.462. The molecule has 2 aliphatic rings. The number of amides is 2. The topological polar surface area (TPSA) is 48.5 Å². The van der Waals surface area contributed by atoms with E-state index in [-0.39, 0.29) is 12.1 Å². The van der Waals surface area contributed by atoms with Crippen LogP contribution in [0.2, 0.25) is 0 Å². The number of nitrogens with zero attached hydrogens (tertiary/aromatic N) is 3. The highest BCUT2D eigenvalue weighted by atomic mass is 16.2. The average Bonchev–Trinajstić information content (AvgIpc) is 2.57. The van der Waals surface area contributed by atoms with Crippen LogP contribution in [0, 0.1) is 0 Å². The Bertz CT molecular complexity index is 418.